The summed E-state index contributed by atoms with van der Waals surface area (Å²) in [5.74, 6) is 0. The highest BCUT2D eigenvalue weighted by Gasteiger charge is 2.23. The van der Waals surface area contributed by atoms with Crippen molar-refractivity contribution in [3.8, 4) is 0 Å². The van der Waals surface area contributed by atoms with Gasteiger partial charge in [0.2, 0.25) is 10.0 Å². The molecule has 0 saturated heterocycles. The Labute approximate surface area is 119 Å². The van der Waals surface area contributed by atoms with E-state index in [4.69, 9.17) is 0 Å². The van der Waals surface area contributed by atoms with Crippen molar-refractivity contribution >= 4 is 21.4 Å². The molecule has 1 fully saturated rings. The lowest BCUT2D eigenvalue weighted by atomic mass is 10.3. The van der Waals surface area contributed by atoms with Crippen LogP contribution in [-0.2, 0) is 16.4 Å². The average Bonchev–Trinajstić information content (AvgIpc) is 3.00. The van der Waals surface area contributed by atoms with Gasteiger partial charge < -0.3 is 5.32 Å². The van der Waals surface area contributed by atoms with Crippen LogP contribution in [0.1, 0.15) is 37.5 Å². The van der Waals surface area contributed by atoms with Crippen LogP contribution in [0.5, 0.6) is 0 Å². The minimum absolute atomic E-state index is 0.136. The number of nitrogens with one attached hydrogen (secondary N) is 2. The van der Waals surface area contributed by atoms with Crippen molar-refractivity contribution in [2.75, 3.05) is 13.1 Å². The first-order valence-corrected chi connectivity index (χ1v) is 9.23. The molecule has 1 heterocycles. The van der Waals surface area contributed by atoms with E-state index in [0.29, 0.717) is 4.21 Å². The maximum Gasteiger partial charge on any atom is 0.250 e. The molecule has 0 atom stereocenters. The predicted octanol–water partition coefficient (Wildman–Crippen LogP) is 2.12. The van der Waals surface area contributed by atoms with Crippen molar-refractivity contribution in [1.29, 1.82) is 0 Å². The van der Waals surface area contributed by atoms with E-state index < -0.39 is 10.0 Å². The number of sulfonamides is 1. The molecule has 108 valence electrons. The van der Waals surface area contributed by atoms with Gasteiger partial charge in [0.25, 0.3) is 0 Å². The first-order chi connectivity index (χ1) is 9.12. The Bertz CT molecular complexity index is 490. The molecule has 0 unspecified atom stereocenters. The van der Waals surface area contributed by atoms with Crippen LogP contribution in [0.4, 0.5) is 0 Å². The van der Waals surface area contributed by atoms with E-state index in [1.807, 2.05) is 6.07 Å². The zero-order valence-electron chi connectivity index (χ0n) is 11.3. The molecule has 1 aliphatic rings. The molecular formula is C13H22N2O2S2. The van der Waals surface area contributed by atoms with Gasteiger partial charge in [-0.05, 0) is 44.5 Å². The SMILES string of the molecule is CCNCCc1ccc(S(=O)(=O)NC2CCCC2)s1. The van der Waals surface area contributed by atoms with Crippen molar-refractivity contribution in [3.05, 3.63) is 17.0 Å². The second-order valence-electron chi connectivity index (χ2n) is 4.93. The molecule has 0 spiro atoms. The summed E-state index contributed by atoms with van der Waals surface area (Å²) in [5, 5.41) is 3.25. The molecular weight excluding hydrogens is 280 g/mol. The van der Waals surface area contributed by atoms with Crippen molar-refractivity contribution in [3.63, 3.8) is 0 Å². The molecule has 6 heteroatoms. The van der Waals surface area contributed by atoms with E-state index in [1.165, 1.54) is 11.3 Å². The first kappa shape index (κ1) is 15.0. The number of hydrogen-bond donors (Lipinski definition) is 2. The Balaban J connectivity index is 1.95. The van der Waals surface area contributed by atoms with E-state index in [2.05, 4.69) is 17.0 Å². The van der Waals surface area contributed by atoms with E-state index in [9.17, 15) is 8.42 Å². The second kappa shape index (κ2) is 6.83. The zero-order chi connectivity index (χ0) is 13.7. The minimum Gasteiger partial charge on any atom is -0.317 e. The zero-order valence-corrected chi connectivity index (χ0v) is 12.9. The maximum absolute atomic E-state index is 12.2. The molecule has 2 rings (SSSR count). The van der Waals surface area contributed by atoms with Gasteiger partial charge in [0.05, 0.1) is 0 Å². The van der Waals surface area contributed by atoms with Crippen molar-refractivity contribution in [2.45, 2.75) is 49.3 Å². The van der Waals surface area contributed by atoms with Gasteiger partial charge in [-0.15, -0.1) is 11.3 Å². The summed E-state index contributed by atoms with van der Waals surface area (Å²) >= 11 is 1.38. The summed E-state index contributed by atoms with van der Waals surface area (Å²) in [6.07, 6.45) is 5.09. The lowest BCUT2D eigenvalue weighted by Crippen LogP contribution is -2.32. The Morgan fingerprint density at radius 2 is 2.05 bits per heavy atom. The Kier molecular flexibility index (Phi) is 5.38. The summed E-state index contributed by atoms with van der Waals surface area (Å²) in [7, 11) is -3.31. The average molecular weight is 302 g/mol. The van der Waals surface area contributed by atoms with Crippen molar-refractivity contribution < 1.29 is 8.42 Å². The molecule has 0 bridgehead atoms. The summed E-state index contributed by atoms with van der Waals surface area (Å²) < 4.78 is 27.7. The standard InChI is InChI=1S/C13H22N2O2S2/c1-2-14-10-9-12-7-8-13(18-12)19(16,17)15-11-5-3-4-6-11/h7-8,11,14-15H,2-6,9-10H2,1H3. The number of rotatable bonds is 7. The third kappa shape index (κ3) is 4.27. The fourth-order valence-electron chi connectivity index (χ4n) is 2.35. The second-order valence-corrected chi connectivity index (χ2v) is 8.04. The summed E-state index contributed by atoms with van der Waals surface area (Å²) in [5.41, 5.74) is 0. The molecule has 1 aromatic rings. The quantitative estimate of drug-likeness (QED) is 0.759. The van der Waals surface area contributed by atoms with Gasteiger partial charge in [-0.1, -0.05) is 19.8 Å². The number of thiophene rings is 1. The van der Waals surface area contributed by atoms with Crippen LogP contribution in [0.2, 0.25) is 0 Å². The minimum atomic E-state index is -3.31. The van der Waals surface area contributed by atoms with Crippen LogP contribution in [0, 0.1) is 0 Å². The van der Waals surface area contributed by atoms with Crippen LogP contribution in [0.3, 0.4) is 0 Å². The molecule has 19 heavy (non-hydrogen) atoms. The van der Waals surface area contributed by atoms with E-state index in [-0.39, 0.29) is 6.04 Å². The van der Waals surface area contributed by atoms with Crippen LogP contribution in [0.25, 0.3) is 0 Å². The highest BCUT2D eigenvalue weighted by Crippen LogP contribution is 2.24. The fourth-order valence-corrected chi connectivity index (χ4v) is 5.02. The van der Waals surface area contributed by atoms with E-state index in [0.717, 1.165) is 50.1 Å². The maximum atomic E-state index is 12.2. The largest absolute Gasteiger partial charge is 0.317 e. The van der Waals surface area contributed by atoms with Gasteiger partial charge in [-0.2, -0.15) is 0 Å². The lowest BCUT2D eigenvalue weighted by Gasteiger charge is -2.10. The van der Waals surface area contributed by atoms with Gasteiger partial charge in [-0.25, -0.2) is 13.1 Å². The van der Waals surface area contributed by atoms with Gasteiger partial charge in [-0.3, -0.25) is 0 Å². The predicted molar refractivity (Wildman–Crippen MR) is 79.1 cm³/mol. The Morgan fingerprint density at radius 1 is 1.32 bits per heavy atom. The molecule has 0 amide bonds. The van der Waals surface area contributed by atoms with Crippen LogP contribution < -0.4 is 10.0 Å². The summed E-state index contributed by atoms with van der Waals surface area (Å²) in [6, 6.07) is 3.78. The molecule has 4 nitrogen and oxygen atoms in total. The van der Waals surface area contributed by atoms with Gasteiger partial charge >= 0.3 is 0 Å². The third-order valence-electron chi connectivity index (χ3n) is 3.38. The van der Waals surface area contributed by atoms with Gasteiger partial charge in [0.1, 0.15) is 4.21 Å². The smallest absolute Gasteiger partial charge is 0.250 e. The molecule has 1 saturated carbocycles. The van der Waals surface area contributed by atoms with Crippen LogP contribution in [0.15, 0.2) is 16.3 Å². The van der Waals surface area contributed by atoms with Crippen LogP contribution >= 0.6 is 11.3 Å². The highest BCUT2D eigenvalue weighted by molar-refractivity contribution is 7.91. The van der Waals surface area contributed by atoms with Crippen molar-refractivity contribution in [2.24, 2.45) is 0 Å². The number of likely N-dealkylation sites (N-methyl/N-ethyl adjacent to an activating group) is 1. The van der Waals surface area contributed by atoms with Crippen LogP contribution in [-0.4, -0.2) is 27.5 Å². The molecule has 0 radical (unpaired) electrons. The van der Waals surface area contributed by atoms with Gasteiger partial charge in [0.15, 0.2) is 0 Å². The lowest BCUT2D eigenvalue weighted by molar-refractivity contribution is 0.554. The third-order valence-corrected chi connectivity index (χ3v) is 6.53. The fraction of sp³-hybridized carbons (Fsp3) is 0.692. The van der Waals surface area contributed by atoms with Crippen molar-refractivity contribution in [1.82, 2.24) is 10.0 Å². The molecule has 1 aromatic heterocycles. The summed E-state index contributed by atoms with van der Waals surface area (Å²) in [6.45, 7) is 3.90. The molecule has 0 aliphatic heterocycles. The van der Waals surface area contributed by atoms with E-state index in [1.54, 1.807) is 6.07 Å². The van der Waals surface area contributed by atoms with E-state index >= 15 is 0 Å². The topological polar surface area (TPSA) is 58.2 Å². The first-order valence-electron chi connectivity index (χ1n) is 6.93. The molecule has 1 aliphatic carbocycles. The van der Waals surface area contributed by atoms with Gasteiger partial charge in [0, 0.05) is 10.9 Å². The summed E-state index contributed by atoms with van der Waals surface area (Å²) in [4.78, 5) is 1.12. The monoisotopic (exact) mass is 302 g/mol. The number of hydrogen-bond acceptors (Lipinski definition) is 4. The Morgan fingerprint density at radius 3 is 2.74 bits per heavy atom. The normalized spacial score (nSPS) is 17.1. The highest BCUT2D eigenvalue weighted by atomic mass is 32.2. The molecule has 2 N–H and O–H groups in total. The Hall–Kier alpha value is -0.430. The molecule has 0 aromatic carbocycles.